The van der Waals surface area contributed by atoms with E-state index in [1.165, 1.54) is 16.5 Å². The average Bonchev–Trinajstić information content (AvgIpc) is 3.58. The molecular formula is C27H27N3O3. The van der Waals surface area contributed by atoms with Crippen molar-refractivity contribution in [1.29, 1.82) is 0 Å². The number of nitrogens with zero attached hydrogens (tertiary/aromatic N) is 1. The molecule has 0 unspecified atom stereocenters. The van der Waals surface area contributed by atoms with Crippen LogP contribution in [-0.4, -0.2) is 53.0 Å². The third-order valence-electron chi connectivity index (χ3n) is 7.36. The number of likely N-dealkylation sites (tertiary alicyclic amines) is 1. The highest BCUT2D eigenvalue weighted by Crippen LogP contribution is 2.51. The maximum absolute atomic E-state index is 13.3. The fraction of sp³-hybridized carbons (Fsp3) is 0.333. The van der Waals surface area contributed by atoms with Crippen LogP contribution in [0.25, 0.3) is 10.9 Å². The van der Waals surface area contributed by atoms with Crippen LogP contribution in [-0.2, 0) is 27.2 Å². The Balaban J connectivity index is 1.11. The summed E-state index contributed by atoms with van der Waals surface area (Å²) in [7, 11) is 0. The number of carbonyl (C=O) groups excluding carboxylic acids is 2. The predicted octanol–water partition coefficient (Wildman–Crippen LogP) is 2.85. The molecule has 4 atom stereocenters. The van der Waals surface area contributed by atoms with Gasteiger partial charge in [-0.2, -0.15) is 0 Å². The molecular weight excluding hydrogens is 414 g/mol. The maximum atomic E-state index is 13.3. The average molecular weight is 442 g/mol. The van der Waals surface area contributed by atoms with Crippen LogP contribution in [0.1, 0.15) is 11.1 Å². The highest BCUT2D eigenvalue weighted by atomic mass is 16.5. The number of para-hydroxylation sites is 1. The van der Waals surface area contributed by atoms with Gasteiger partial charge in [-0.15, -0.1) is 0 Å². The van der Waals surface area contributed by atoms with E-state index in [9.17, 15) is 9.59 Å². The first-order chi connectivity index (χ1) is 16.1. The first kappa shape index (κ1) is 20.2. The van der Waals surface area contributed by atoms with Crippen LogP contribution >= 0.6 is 0 Å². The number of hydrogen-bond donors (Lipinski definition) is 2. The molecule has 0 aliphatic carbocycles. The van der Waals surface area contributed by atoms with Gasteiger partial charge in [0, 0.05) is 30.2 Å². The number of H-pyrrole nitrogens is 1. The minimum Gasteiger partial charge on any atom is -0.361 e. The lowest BCUT2D eigenvalue weighted by Crippen LogP contribution is -2.44. The van der Waals surface area contributed by atoms with Crippen LogP contribution in [0.5, 0.6) is 0 Å². The third kappa shape index (κ3) is 3.37. The van der Waals surface area contributed by atoms with Gasteiger partial charge in [0.15, 0.2) is 0 Å². The summed E-state index contributed by atoms with van der Waals surface area (Å²) in [4.78, 5) is 31.7. The van der Waals surface area contributed by atoms with Crippen molar-refractivity contribution in [3.05, 3.63) is 84.1 Å². The standard InChI is InChI=1S/C27H27N3O3/c31-25(28-14-11-19-16-29-21-9-5-4-8-20(19)21)23-22-10-13-27(33-22)17-30(26(32)24(23)27)15-12-18-6-2-1-3-7-18/h1-10,13,16,22-24,29H,11-12,14-15,17H2,(H,28,31)/t22-,23+,24+,27+/m0/s1. The van der Waals surface area contributed by atoms with E-state index in [0.29, 0.717) is 19.6 Å². The highest BCUT2D eigenvalue weighted by molar-refractivity contribution is 5.93. The minimum absolute atomic E-state index is 0.0366. The Hall–Kier alpha value is -3.38. The molecule has 168 valence electrons. The molecule has 1 spiro atoms. The van der Waals surface area contributed by atoms with Crippen molar-refractivity contribution in [1.82, 2.24) is 15.2 Å². The van der Waals surface area contributed by atoms with Crippen LogP contribution in [0.15, 0.2) is 72.9 Å². The molecule has 2 saturated heterocycles. The number of nitrogens with one attached hydrogen (secondary N) is 2. The Morgan fingerprint density at radius 3 is 2.82 bits per heavy atom. The predicted molar refractivity (Wildman–Crippen MR) is 125 cm³/mol. The largest absolute Gasteiger partial charge is 0.361 e. The second kappa shape index (κ2) is 7.89. The molecule has 3 aromatic rings. The Bertz CT molecular complexity index is 1230. The van der Waals surface area contributed by atoms with Crippen molar-refractivity contribution >= 4 is 22.7 Å². The minimum atomic E-state index is -0.655. The summed E-state index contributed by atoms with van der Waals surface area (Å²) < 4.78 is 6.24. The van der Waals surface area contributed by atoms with E-state index in [1.54, 1.807) is 0 Å². The number of ether oxygens (including phenoxy) is 1. The lowest BCUT2D eigenvalue weighted by Gasteiger charge is -2.23. The Morgan fingerprint density at radius 1 is 1.12 bits per heavy atom. The van der Waals surface area contributed by atoms with E-state index in [4.69, 9.17) is 4.74 Å². The van der Waals surface area contributed by atoms with Gasteiger partial charge in [0.25, 0.3) is 0 Å². The number of rotatable bonds is 7. The van der Waals surface area contributed by atoms with E-state index in [-0.39, 0.29) is 17.9 Å². The van der Waals surface area contributed by atoms with Crippen LogP contribution in [0.4, 0.5) is 0 Å². The van der Waals surface area contributed by atoms with Gasteiger partial charge >= 0.3 is 0 Å². The molecule has 6 rings (SSSR count). The number of amides is 2. The number of hydrogen-bond acceptors (Lipinski definition) is 3. The molecule has 3 aliphatic rings. The number of carbonyl (C=O) groups is 2. The molecule has 2 N–H and O–H groups in total. The SMILES string of the molecule is O=C(NCCc1c[nH]c2ccccc12)[C@@H]1[C@@H]2C=C[C@]3(CN(CCc4ccccc4)C(=O)[C@@H]13)O2. The van der Waals surface area contributed by atoms with Gasteiger partial charge in [-0.1, -0.05) is 60.7 Å². The van der Waals surface area contributed by atoms with Crippen molar-refractivity contribution in [3.8, 4) is 0 Å². The van der Waals surface area contributed by atoms with Crippen molar-refractivity contribution in [2.45, 2.75) is 24.5 Å². The fourth-order valence-electron chi connectivity index (χ4n) is 5.75. The molecule has 2 aromatic carbocycles. The summed E-state index contributed by atoms with van der Waals surface area (Å²) in [6.45, 7) is 1.69. The molecule has 3 aliphatic heterocycles. The van der Waals surface area contributed by atoms with E-state index in [1.807, 2.05) is 59.6 Å². The molecule has 6 heteroatoms. The van der Waals surface area contributed by atoms with Gasteiger partial charge in [-0.25, -0.2) is 0 Å². The van der Waals surface area contributed by atoms with E-state index in [2.05, 4.69) is 28.5 Å². The summed E-state index contributed by atoms with van der Waals surface area (Å²) >= 11 is 0. The first-order valence-corrected chi connectivity index (χ1v) is 11.7. The zero-order chi connectivity index (χ0) is 22.4. The fourth-order valence-corrected chi connectivity index (χ4v) is 5.75. The Kier molecular flexibility index (Phi) is 4.84. The van der Waals surface area contributed by atoms with Crippen molar-refractivity contribution in [3.63, 3.8) is 0 Å². The topological polar surface area (TPSA) is 74.4 Å². The van der Waals surface area contributed by atoms with Crippen molar-refractivity contribution in [2.75, 3.05) is 19.6 Å². The summed E-state index contributed by atoms with van der Waals surface area (Å²) in [5.74, 6) is -0.951. The van der Waals surface area contributed by atoms with Gasteiger partial charge in [0.1, 0.15) is 5.60 Å². The highest BCUT2D eigenvalue weighted by Gasteiger charge is 2.66. The van der Waals surface area contributed by atoms with E-state index < -0.39 is 17.4 Å². The van der Waals surface area contributed by atoms with Gasteiger partial charge < -0.3 is 19.9 Å². The van der Waals surface area contributed by atoms with E-state index in [0.717, 1.165) is 18.4 Å². The molecule has 0 saturated carbocycles. The number of benzene rings is 2. The molecule has 33 heavy (non-hydrogen) atoms. The second-order valence-electron chi connectivity index (χ2n) is 9.30. The molecule has 4 heterocycles. The van der Waals surface area contributed by atoms with Crippen molar-refractivity contribution < 1.29 is 14.3 Å². The number of aromatic amines is 1. The first-order valence-electron chi connectivity index (χ1n) is 11.7. The quantitative estimate of drug-likeness (QED) is 0.554. The smallest absolute Gasteiger partial charge is 0.230 e. The zero-order valence-corrected chi connectivity index (χ0v) is 18.4. The summed E-state index contributed by atoms with van der Waals surface area (Å²) in [6, 6.07) is 18.3. The molecule has 6 nitrogen and oxygen atoms in total. The van der Waals surface area contributed by atoms with E-state index >= 15 is 0 Å². The Labute approximate surface area is 192 Å². The van der Waals surface area contributed by atoms with Crippen LogP contribution in [0, 0.1) is 11.8 Å². The Morgan fingerprint density at radius 2 is 1.94 bits per heavy atom. The van der Waals surface area contributed by atoms with Gasteiger partial charge in [-0.05, 0) is 30.0 Å². The number of fused-ring (bicyclic) bond motifs is 2. The maximum Gasteiger partial charge on any atom is 0.230 e. The molecule has 2 amide bonds. The monoisotopic (exact) mass is 441 g/mol. The van der Waals surface area contributed by atoms with Crippen molar-refractivity contribution in [2.24, 2.45) is 11.8 Å². The van der Waals surface area contributed by atoms with Gasteiger partial charge in [-0.3, -0.25) is 9.59 Å². The van der Waals surface area contributed by atoms with Gasteiger partial charge in [0.2, 0.25) is 11.8 Å². The van der Waals surface area contributed by atoms with Crippen LogP contribution in [0.3, 0.4) is 0 Å². The zero-order valence-electron chi connectivity index (χ0n) is 18.4. The number of aromatic nitrogens is 1. The summed E-state index contributed by atoms with van der Waals surface area (Å²) in [6.07, 6.45) is 7.19. The second-order valence-corrected chi connectivity index (χ2v) is 9.30. The van der Waals surface area contributed by atoms with Gasteiger partial charge in [0.05, 0.1) is 24.5 Å². The molecule has 1 aromatic heterocycles. The molecule has 0 radical (unpaired) electrons. The summed E-state index contributed by atoms with van der Waals surface area (Å²) in [5.41, 5.74) is 2.82. The lowest BCUT2D eigenvalue weighted by atomic mass is 9.77. The van der Waals surface area contributed by atoms with Crippen LogP contribution in [0.2, 0.25) is 0 Å². The molecule has 2 bridgehead atoms. The normalized spacial score (nSPS) is 27.5. The third-order valence-corrected chi connectivity index (χ3v) is 7.36. The van der Waals surface area contributed by atoms with Crippen LogP contribution < -0.4 is 5.32 Å². The molecule has 2 fully saturated rings. The lowest BCUT2D eigenvalue weighted by molar-refractivity contribution is -0.137. The summed E-state index contributed by atoms with van der Waals surface area (Å²) in [5, 5.41) is 4.26.